The largest absolute Gasteiger partial charge is 0.481 e. The van der Waals surface area contributed by atoms with E-state index in [1.54, 1.807) is 0 Å². The van der Waals surface area contributed by atoms with Gasteiger partial charge in [-0.05, 0) is 96.8 Å². The summed E-state index contributed by atoms with van der Waals surface area (Å²) in [5, 5.41) is 9.13. The predicted molar refractivity (Wildman–Crippen MR) is 201 cm³/mol. The lowest BCUT2D eigenvalue weighted by Gasteiger charge is -2.15. The van der Waals surface area contributed by atoms with Crippen LogP contribution >= 0.6 is 0 Å². The highest BCUT2D eigenvalue weighted by molar-refractivity contribution is 5.70. The third-order valence-electron chi connectivity index (χ3n) is 8.04. The van der Waals surface area contributed by atoms with Gasteiger partial charge in [-0.15, -0.1) is 0 Å². The Bertz CT molecular complexity index is 773. The summed E-state index contributed by atoms with van der Waals surface area (Å²) < 4.78 is 5.12. The molecule has 4 nitrogen and oxygen atoms in total. The Kier molecular flexibility index (Phi) is 37.4. The fraction of sp³-hybridized carbons (Fsp3) is 0.762. The van der Waals surface area contributed by atoms with Gasteiger partial charge in [0.2, 0.25) is 0 Å². The first-order valence-corrected chi connectivity index (χ1v) is 19.3. The van der Waals surface area contributed by atoms with E-state index in [9.17, 15) is 9.59 Å². The molecule has 0 aromatic rings. The lowest BCUT2D eigenvalue weighted by Crippen LogP contribution is -2.19. The van der Waals surface area contributed by atoms with E-state index in [4.69, 9.17) is 9.84 Å². The minimum absolute atomic E-state index is 0.0143. The van der Waals surface area contributed by atoms with Crippen molar-refractivity contribution in [2.24, 2.45) is 11.8 Å². The van der Waals surface area contributed by atoms with E-state index in [-0.39, 0.29) is 23.9 Å². The number of ether oxygens (including phenoxy) is 1. The van der Waals surface area contributed by atoms with E-state index in [0.717, 1.165) is 51.4 Å². The second kappa shape index (κ2) is 37.4. The van der Waals surface area contributed by atoms with Gasteiger partial charge in [-0.1, -0.05) is 141 Å². The second-order valence-electron chi connectivity index (χ2n) is 13.4. The number of carboxylic acid groups (broad SMARTS) is 1. The molecule has 0 amide bonds. The Balaban J connectivity index is 0. The number of rotatable bonds is 30. The molecule has 0 aliphatic carbocycles. The molecule has 0 aromatic heterocycles. The first kappa shape index (κ1) is 46.0. The maximum Gasteiger partial charge on any atom is 0.306 e. The van der Waals surface area contributed by atoms with Crippen LogP contribution in [0, 0.1) is 11.8 Å². The number of carbonyl (C=O) groups is 2. The molecule has 0 saturated carbocycles. The Morgan fingerprint density at radius 1 is 0.543 bits per heavy atom. The van der Waals surface area contributed by atoms with Crippen molar-refractivity contribution in [3.05, 3.63) is 48.6 Å². The zero-order valence-electron chi connectivity index (χ0n) is 31.3. The summed E-state index contributed by atoms with van der Waals surface area (Å²) in [6.45, 7) is 12.3. The van der Waals surface area contributed by atoms with Crippen molar-refractivity contribution in [2.45, 2.75) is 195 Å². The molecule has 268 valence electrons. The summed E-state index contributed by atoms with van der Waals surface area (Å²) in [4.78, 5) is 22.4. The van der Waals surface area contributed by atoms with Crippen molar-refractivity contribution in [1.82, 2.24) is 0 Å². The van der Waals surface area contributed by atoms with Gasteiger partial charge < -0.3 is 9.84 Å². The van der Waals surface area contributed by atoms with Crippen LogP contribution in [-0.2, 0) is 14.3 Å². The molecular formula is C42H76O4. The second-order valence-corrected chi connectivity index (χ2v) is 13.4. The third-order valence-corrected chi connectivity index (χ3v) is 8.04. The minimum Gasteiger partial charge on any atom is -0.481 e. The molecule has 1 N–H and O–H groups in total. The van der Waals surface area contributed by atoms with E-state index in [1.165, 1.54) is 89.9 Å². The summed E-state index contributed by atoms with van der Waals surface area (Å²) in [6.07, 6.45) is 45.0. The molecule has 0 saturated heterocycles. The highest BCUT2D eigenvalue weighted by Gasteiger charge is 2.20. The Morgan fingerprint density at radius 2 is 0.935 bits per heavy atom. The van der Waals surface area contributed by atoms with Gasteiger partial charge in [0.1, 0.15) is 0 Å². The fourth-order valence-corrected chi connectivity index (χ4v) is 5.14. The number of allylic oxidation sites excluding steroid dienone is 8. The van der Waals surface area contributed by atoms with E-state index in [1.807, 2.05) is 27.7 Å². The fourth-order valence-electron chi connectivity index (χ4n) is 5.14. The summed E-state index contributed by atoms with van der Waals surface area (Å²) in [5.74, 6) is -0.610. The highest BCUT2D eigenvalue weighted by atomic mass is 16.5. The van der Waals surface area contributed by atoms with Crippen LogP contribution < -0.4 is 0 Å². The number of aliphatic carboxylic acids is 1. The highest BCUT2D eigenvalue weighted by Crippen LogP contribution is 2.19. The van der Waals surface area contributed by atoms with Gasteiger partial charge >= 0.3 is 11.9 Å². The van der Waals surface area contributed by atoms with E-state index < -0.39 is 5.97 Å². The Morgan fingerprint density at radius 3 is 1.33 bits per heavy atom. The number of hydrogen-bond acceptors (Lipinski definition) is 3. The maximum absolute atomic E-state index is 11.4. The van der Waals surface area contributed by atoms with Gasteiger partial charge in [-0.25, -0.2) is 0 Å². The van der Waals surface area contributed by atoms with E-state index in [2.05, 4.69) is 62.5 Å². The molecule has 46 heavy (non-hydrogen) atoms. The first-order chi connectivity index (χ1) is 22.3. The van der Waals surface area contributed by atoms with E-state index >= 15 is 0 Å². The smallest absolute Gasteiger partial charge is 0.306 e. The van der Waals surface area contributed by atoms with Crippen LogP contribution in [0.2, 0.25) is 0 Å². The maximum atomic E-state index is 11.4. The topological polar surface area (TPSA) is 63.6 Å². The molecule has 1 atom stereocenters. The monoisotopic (exact) mass is 645 g/mol. The first-order valence-electron chi connectivity index (χ1n) is 19.3. The van der Waals surface area contributed by atoms with Gasteiger partial charge in [0.25, 0.3) is 0 Å². The molecule has 0 heterocycles. The van der Waals surface area contributed by atoms with Gasteiger partial charge in [0, 0.05) is 6.42 Å². The van der Waals surface area contributed by atoms with Crippen molar-refractivity contribution in [3.8, 4) is 0 Å². The normalized spacial score (nSPS) is 12.6. The Hall–Kier alpha value is -2.10. The summed E-state index contributed by atoms with van der Waals surface area (Å²) >= 11 is 0. The molecule has 0 aromatic carbocycles. The van der Waals surface area contributed by atoms with Crippen LogP contribution in [0.3, 0.4) is 0 Å². The van der Waals surface area contributed by atoms with Crippen molar-refractivity contribution >= 4 is 11.9 Å². The molecule has 0 bridgehead atoms. The van der Waals surface area contributed by atoms with Crippen LogP contribution in [0.5, 0.6) is 0 Å². The predicted octanol–water partition coefficient (Wildman–Crippen LogP) is 13.5. The average molecular weight is 645 g/mol. The molecule has 0 radical (unpaired) electrons. The van der Waals surface area contributed by atoms with Gasteiger partial charge in [-0.2, -0.15) is 0 Å². The number of carboxylic acids is 1. The van der Waals surface area contributed by atoms with Crippen molar-refractivity contribution in [1.29, 1.82) is 0 Å². The van der Waals surface area contributed by atoms with Crippen molar-refractivity contribution in [3.63, 3.8) is 0 Å². The van der Waals surface area contributed by atoms with Gasteiger partial charge in [0.15, 0.2) is 0 Å². The van der Waals surface area contributed by atoms with Crippen LogP contribution in [-0.4, -0.2) is 23.1 Å². The summed E-state index contributed by atoms with van der Waals surface area (Å²) in [5.41, 5.74) is 0. The Labute approximate surface area is 286 Å². The molecule has 1 unspecified atom stereocenters. The molecule has 0 aliphatic rings. The zero-order valence-corrected chi connectivity index (χ0v) is 31.3. The zero-order chi connectivity index (χ0) is 34.5. The quantitative estimate of drug-likeness (QED) is 0.0480. The molecule has 0 fully saturated rings. The minimum atomic E-state index is -0.634. The van der Waals surface area contributed by atoms with Crippen LogP contribution in [0.4, 0.5) is 0 Å². The van der Waals surface area contributed by atoms with Crippen molar-refractivity contribution in [2.75, 3.05) is 0 Å². The summed E-state index contributed by atoms with van der Waals surface area (Å²) in [6, 6.07) is 0. The van der Waals surface area contributed by atoms with Gasteiger partial charge in [0.05, 0.1) is 12.0 Å². The number of hydrogen-bond donors (Lipinski definition) is 1. The number of unbranched alkanes of at least 4 members (excludes halogenated alkanes) is 15. The van der Waals surface area contributed by atoms with Crippen LogP contribution in [0.15, 0.2) is 48.6 Å². The third kappa shape index (κ3) is 38.1. The number of carbonyl (C=O) groups excluding carboxylic acids is 1. The average Bonchev–Trinajstić information content (AvgIpc) is 3.00. The lowest BCUT2D eigenvalue weighted by molar-refractivity contribution is -0.147. The van der Waals surface area contributed by atoms with E-state index in [0.29, 0.717) is 6.42 Å². The number of esters is 1. The van der Waals surface area contributed by atoms with Crippen LogP contribution in [0.1, 0.15) is 189 Å². The summed E-state index contributed by atoms with van der Waals surface area (Å²) in [7, 11) is 0. The standard InChI is InChI=1S/2C21H38O2/c1-4-5-6-7-8-9-10-11-12-13-14-15-16-17-18-19-21(22)23-20(2)3;1-4-5-6-7-8-9-10-11-12-13-14-15-16-17-18-20(19(2)3)21(22)23/h8-9,11-12,20H,4-7,10,13-19H2,1-3H3;8-9,11-12,19-20H,4-7,10,13-18H2,1-3H3,(H,22,23)/b2*9-8-,12-11-. The van der Waals surface area contributed by atoms with Crippen molar-refractivity contribution < 1.29 is 19.4 Å². The molecule has 4 heteroatoms. The molecule has 0 aliphatic heterocycles. The van der Waals surface area contributed by atoms with Gasteiger partial charge in [-0.3, -0.25) is 9.59 Å². The molecule has 0 rings (SSSR count). The molecule has 0 spiro atoms. The molecular weight excluding hydrogens is 568 g/mol. The SMILES string of the molecule is CCCCC/C=C\C/C=C\CCCCCCC(C(=O)O)C(C)C.CCCCC/C=C\C/C=C\CCCCCCCC(=O)OC(C)C. The van der Waals surface area contributed by atoms with Crippen LogP contribution in [0.25, 0.3) is 0 Å². The lowest BCUT2D eigenvalue weighted by atomic mass is 9.90.